The lowest BCUT2D eigenvalue weighted by Gasteiger charge is -2.59. The van der Waals surface area contributed by atoms with Gasteiger partial charge in [0.05, 0.1) is 6.10 Å². The Labute approximate surface area is 162 Å². The van der Waals surface area contributed by atoms with Gasteiger partial charge in [0.2, 0.25) is 0 Å². The van der Waals surface area contributed by atoms with Gasteiger partial charge in [-0.05, 0) is 79.3 Å². The number of rotatable bonds is 2. The monoisotopic (exact) mass is 372 g/mol. The van der Waals surface area contributed by atoms with Gasteiger partial charge in [-0.15, -0.1) is 0 Å². The van der Waals surface area contributed by atoms with E-state index in [1.54, 1.807) is 0 Å². The van der Waals surface area contributed by atoms with Crippen molar-refractivity contribution in [2.45, 2.75) is 71.8 Å². The van der Waals surface area contributed by atoms with E-state index in [1.165, 1.54) is 18.1 Å². The molecule has 3 fully saturated rings. The van der Waals surface area contributed by atoms with E-state index in [1.807, 2.05) is 6.08 Å². The SMILES string of the molecule is CC(=O)OC/C=C1\CCC2C3CCC4=CC(=O)CCC4(C)C3C(O)CC12C. The van der Waals surface area contributed by atoms with Gasteiger partial charge in [0.1, 0.15) is 6.61 Å². The van der Waals surface area contributed by atoms with Gasteiger partial charge in [0.15, 0.2) is 5.78 Å². The molecule has 27 heavy (non-hydrogen) atoms. The van der Waals surface area contributed by atoms with Gasteiger partial charge >= 0.3 is 5.97 Å². The minimum atomic E-state index is -0.339. The summed E-state index contributed by atoms with van der Waals surface area (Å²) in [6.45, 7) is 6.38. The summed E-state index contributed by atoms with van der Waals surface area (Å²) in [5.74, 6) is 1.35. The van der Waals surface area contributed by atoms with E-state index in [2.05, 4.69) is 19.9 Å². The molecule has 0 saturated heterocycles. The number of allylic oxidation sites excluding steroid dienone is 2. The van der Waals surface area contributed by atoms with Gasteiger partial charge in [-0.2, -0.15) is 0 Å². The first-order valence-corrected chi connectivity index (χ1v) is 10.5. The lowest BCUT2D eigenvalue weighted by atomic mass is 9.46. The minimum absolute atomic E-state index is 0.00277. The smallest absolute Gasteiger partial charge is 0.302 e. The zero-order chi connectivity index (χ0) is 19.4. The van der Waals surface area contributed by atoms with Crippen LogP contribution in [-0.4, -0.2) is 29.6 Å². The van der Waals surface area contributed by atoms with Crippen molar-refractivity contribution in [3.63, 3.8) is 0 Å². The second-order valence-corrected chi connectivity index (χ2v) is 9.65. The highest BCUT2D eigenvalue weighted by Crippen LogP contribution is 2.66. The van der Waals surface area contributed by atoms with Crippen LogP contribution < -0.4 is 0 Å². The van der Waals surface area contributed by atoms with Crippen molar-refractivity contribution >= 4 is 11.8 Å². The fraction of sp³-hybridized carbons (Fsp3) is 0.739. The Morgan fingerprint density at radius 3 is 2.78 bits per heavy atom. The third kappa shape index (κ3) is 2.91. The molecule has 0 radical (unpaired) electrons. The minimum Gasteiger partial charge on any atom is -0.462 e. The molecule has 0 aromatic heterocycles. The van der Waals surface area contributed by atoms with Crippen LogP contribution in [-0.2, 0) is 14.3 Å². The summed E-state index contributed by atoms with van der Waals surface area (Å²) in [6.07, 6.45) is 10.2. The predicted octanol–water partition coefficient (Wildman–Crippen LogP) is 3.98. The maximum Gasteiger partial charge on any atom is 0.302 e. The highest BCUT2D eigenvalue weighted by atomic mass is 16.5. The lowest BCUT2D eigenvalue weighted by Crippen LogP contribution is -2.55. The average Bonchev–Trinajstić information content (AvgIpc) is 2.91. The van der Waals surface area contributed by atoms with Crippen molar-refractivity contribution in [1.82, 2.24) is 0 Å². The van der Waals surface area contributed by atoms with E-state index in [0.29, 0.717) is 24.9 Å². The molecule has 4 rings (SSSR count). The fourth-order valence-electron chi connectivity index (χ4n) is 7.13. The Morgan fingerprint density at radius 2 is 2.04 bits per heavy atom. The Bertz CT molecular complexity index is 720. The number of fused-ring (bicyclic) bond motifs is 5. The first-order chi connectivity index (χ1) is 12.8. The van der Waals surface area contributed by atoms with Crippen LogP contribution in [0, 0.1) is 28.6 Å². The summed E-state index contributed by atoms with van der Waals surface area (Å²) in [6, 6.07) is 0. The lowest BCUT2D eigenvalue weighted by molar-refractivity contribution is -0.139. The molecule has 3 saturated carbocycles. The highest BCUT2D eigenvalue weighted by Gasteiger charge is 2.60. The molecule has 0 bridgehead atoms. The van der Waals surface area contributed by atoms with Crippen LogP contribution in [0.1, 0.15) is 65.7 Å². The van der Waals surface area contributed by atoms with E-state index in [0.717, 1.165) is 38.5 Å². The molecule has 1 N–H and O–H groups in total. The van der Waals surface area contributed by atoms with Crippen LogP contribution in [0.4, 0.5) is 0 Å². The van der Waals surface area contributed by atoms with Crippen molar-refractivity contribution in [3.05, 3.63) is 23.3 Å². The van der Waals surface area contributed by atoms with Crippen LogP contribution in [0.15, 0.2) is 23.3 Å². The summed E-state index contributed by atoms with van der Waals surface area (Å²) in [7, 11) is 0. The molecule has 6 unspecified atom stereocenters. The van der Waals surface area contributed by atoms with Crippen molar-refractivity contribution in [1.29, 1.82) is 0 Å². The first kappa shape index (κ1) is 18.9. The van der Waals surface area contributed by atoms with E-state index in [-0.39, 0.29) is 34.6 Å². The highest BCUT2D eigenvalue weighted by molar-refractivity contribution is 5.91. The van der Waals surface area contributed by atoms with Crippen molar-refractivity contribution < 1.29 is 19.4 Å². The zero-order valence-electron chi connectivity index (χ0n) is 16.8. The second kappa shape index (κ2) is 6.58. The largest absolute Gasteiger partial charge is 0.462 e. The normalized spacial score (nSPS) is 45.0. The average molecular weight is 373 g/mol. The third-order valence-corrected chi connectivity index (χ3v) is 8.36. The molecule has 148 valence electrons. The molecule has 4 aliphatic carbocycles. The van der Waals surface area contributed by atoms with Crippen LogP contribution in [0.25, 0.3) is 0 Å². The molecular formula is C23H32O4. The van der Waals surface area contributed by atoms with Gasteiger partial charge in [-0.25, -0.2) is 0 Å². The van der Waals surface area contributed by atoms with Gasteiger partial charge < -0.3 is 9.84 Å². The van der Waals surface area contributed by atoms with E-state index >= 15 is 0 Å². The number of hydrogen-bond donors (Lipinski definition) is 1. The van der Waals surface area contributed by atoms with Crippen LogP contribution in [0.3, 0.4) is 0 Å². The first-order valence-electron chi connectivity index (χ1n) is 10.5. The molecule has 0 heterocycles. The molecule has 4 aliphatic rings. The standard InChI is InChI=1S/C23H32O4/c1-14(24)27-11-9-15-5-7-19-18-6-4-16-12-17(25)8-10-22(16,2)21(18)20(26)13-23(15,19)3/h9,12,18-21,26H,4-8,10-11,13H2,1-3H3/b15-9+. The van der Waals surface area contributed by atoms with Gasteiger partial charge in [0.25, 0.3) is 0 Å². The molecule has 0 aromatic rings. The summed E-state index contributed by atoms with van der Waals surface area (Å²) < 4.78 is 5.14. The number of hydrogen-bond acceptors (Lipinski definition) is 4. The Balaban J connectivity index is 1.63. The van der Waals surface area contributed by atoms with Crippen LogP contribution in [0.5, 0.6) is 0 Å². The number of carbonyl (C=O) groups excluding carboxylic acids is 2. The number of esters is 1. The number of aliphatic hydroxyl groups is 1. The van der Waals surface area contributed by atoms with Gasteiger partial charge in [-0.3, -0.25) is 9.59 Å². The maximum atomic E-state index is 11.9. The van der Waals surface area contributed by atoms with Crippen molar-refractivity contribution in [2.24, 2.45) is 28.6 Å². The molecule has 6 atom stereocenters. The number of carbonyl (C=O) groups is 2. The Kier molecular flexibility index (Phi) is 4.61. The molecule has 4 heteroatoms. The fourth-order valence-corrected chi connectivity index (χ4v) is 7.13. The maximum absolute atomic E-state index is 11.9. The van der Waals surface area contributed by atoms with E-state index in [9.17, 15) is 14.7 Å². The number of ketones is 1. The Hall–Kier alpha value is -1.42. The van der Waals surface area contributed by atoms with Gasteiger partial charge in [0, 0.05) is 13.3 Å². The molecule has 0 spiro atoms. The number of aliphatic hydroxyl groups excluding tert-OH is 1. The van der Waals surface area contributed by atoms with Crippen LogP contribution >= 0.6 is 0 Å². The van der Waals surface area contributed by atoms with Crippen molar-refractivity contribution in [2.75, 3.05) is 6.61 Å². The summed E-state index contributed by atoms with van der Waals surface area (Å²) in [5.41, 5.74) is 2.62. The molecular weight excluding hydrogens is 340 g/mol. The number of ether oxygens (including phenoxy) is 1. The Morgan fingerprint density at radius 1 is 1.26 bits per heavy atom. The summed E-state index contributed by atoms with van der Waals surface area (Å²) in [5, 5.41) is 11.3. The zero-order valence-corrected chi connectivity index (χ0v) is 16.8. The van der Waals surface area contributed by atoms with Crippen LogP contribution in [0.2, 0.25) is 0 Å². The second-order valence-electron chi connectivity index (χ2n) is 9.65. The molecule has 0 aromatic carbocycles. The van der Waals surface area contributed by atoms with Gasteiger partial charge in [-0.1, -0.05) is 25.0 Å². The summed E-state index contributed by atoms with van der Waals surface area (Å²) in [4.78, 5) is 23.0. The molecule has 0 aliphatic heterocycles. The predicted molar refractivity (Wildman–Crippen MR) is 103 cm³/mol. The summed E-state index contributed by atoms with van der Waals surface area (Å²) >= 11 is 0. The van der Waals surface area contributed by atoms with E-state index < -0.39 is 0 Å². The topological polar surface area (TPSA) is 63.6 Å². The van der Waals surface area contributed by atoms with E-state index in [4.69, 9.17) is 4.74 Å². The molecule has 4 nitrogen and oxygen atoms in total. The van der Waals surface area contributed by atoms with Crippen molar-refractivity contribution in [3.8, 4) is 0 Å². The quantitative estimate of drug-likeness (QED) is 0.588. The third-order valence-electron chi connectivity index (χ3n) is 8.36. The molecule has 0 amide bonds.